The zero-order valence-corrected chi connectivity index (χ0v) is 13.5. The second-order valence-corrected chi connectivity index (χ2v) is 6.54. The fourth-order valence-electron chi connectivity index (χ4n) is 2.73. The standard InChI is InChI=1S/C14H14ClFN4OS/c1-22-14-17-10-8-12(19-14)20(7-3-4-7)5-2-6-21-13(8)18-11(15)9(10)16/h7H,2-6H2,1H3. The molecule has 2 aliphatic rings. The van der Waals surface area contributed by atoms with Gasteiger partial charge in [0.05, 0.1) is 6.61 Å². The molecule has 0 atom stereocenters. The molecule has 22 heavy (non-hydrogen) atoms. The zero-order chi connectivity index (χ0) is 15.3. The Hall–Kier alpha value is -1.34. The topological polar surface area (TPSA) is 51.1 Å². The quantitative estimate of drug-likeness (QED) is 0.475. The van der Waals surface area contributed by atoms with Crippen molar-refractivity contribution < 1.29 is 9.13 Å². The molecule has 5 nitrogen and oxygen atoms in total. The van der Waals surface area contributed by atoms with E-state index in [9.17, 15) is 4.39 Å². The van der Waals surface area contributed by atoms with E-state index < -0.39 is 5.82 Å². The number of rotatable bonds is 2. The predicted octanol–water partition coefficient (Wildman–Crippen LogP) is 3.29. The molecule has 2 aromatic heterocycles. The molecule has 116 valence electrons. The zero-order valence-electron chi connectivity index (χ0n) is 12.0. The van der Waals surface area contributed by atoms with E-state index in [4.69, 9.17) is 16.3 Å². The van der Waals surface area contributed by atoms with Crippen LogP contribution >= 0.6 is 23.4 Å². The van der Waals surface area contributed by atoms with Gasteiger partial charge in [-0.05, 0) is 25.5 Å². The van der Waals surface area contributed by atoms with E-state index in [2.05, 4.69) is 19.9 Å². The molecule has 0 amide bonds. The van der Waals surface area contributed by atoms with Gasteiger partial charge in [0.25, 0.3) is 0 Å². The molecule has 8 heteroatoms. The van der Waals surface area contributed by atoms with Crippen molar-refractivity contribution in [1.29, 1.82) is 0 Å². The van der Waals surface area contributed by atoms with Crippen LogP contribution < -0.4 is 9.64 Å². The lowest BCUT2D eigenvalue weighted by molar-refractivity contribution is 0.300. The summed E-state index contributed by atoms with van der Waals surface area (Å²) in [5.41, 5.74) is 0.192. The van der Waals surface area contributed by atoms with Crippen LogP contribution in [0.4, 0.5) is 10.2 Å². The van der Waals surface area contributed by atoms with Gasteiger partial charge in [-0.1, -0.05) is 23.4 Å². The summed E-state index contributed by atoms with van der Waals surface area (Å²) in [7, 11) is 0. The van der Waals surface area contributed by atoms with Crippen molar-refractivity contribution >= 4 is 40.1 Å². The number of hydrogen-bond acceptors (Lipinski definition) is 6. The molecule has 1 aliphatic heterocycles. The SMILES string of the molecule is CSc1nc2c3c(nc(Cl)c(F)c3n1)OCCCN2C1CC1. The molecule has 1 aliphatic carbocycles. The van der Waals surface area contributed by atoms with Crippen molar-refractivity contribution in [2.45, 2.75) is 30.5 Å². The van der Waals surface area contributed by atoms with Crippen LogP contribution in [0.2, 0.25) is 5.15 Å². The van der Waals surface area contributed by atoms with Gasteiger partial charge in [-0.15, -0.1) is 0 Å². The van der Waals surface area contributed by atoms with Gasteiger partial charge in [-0.25, -0.2) is 14.4 Å². The molecule has 0 N–H and O–H groups in total. The summed E-state index contributed by atoms with van der Waals surface area (Å²) in [5.74, 6) is 0.434. The van der Waals surface area contributed by atoms with Gasteiger partial charge in [0.2, 0.25) is 5.88 Å². The molecule has 0 spiro atoms. The minimum Gasteiger partial charge on any atom is -0.477 e. The van der Waals surface area contributed by atoms with E-state index >= 15 is 0 Å². The Labute approximate surface area is 136 Å². The largest absolute Gasteiger partial charge is 0.477 e. The van der Waals surface area contributed by atoms with Crippen LogP contribution in [0, 0.1) is 5.82 Å². The molecule has 0 bridgehead atoms. The average molecular weight is 341 g/mol. The van der Waals surface area contributed by atoms with Crippen LogP contribution in [0.25, 0.3) is 10.9 Å². The second-order valence-electron chi connectivity index (χ2n) is 5.41. The van der Waals surface area contributed by atoms with Crippen molar-refractivity contribution in [1.82, 2.24) is 15.0 Å². The van der Waals surface area contributed by atoms with Crippen LogP contribution in [0.1, 0.15) is 19.3 Å². The summed E-state index contributed by atoms with van der Waals surface area (Å²) < 4.78 is 20.1. The van der Waals surface area contributed by atoms with E-state index in [1.165, 1.54) is 11.8 Å². The third-order valence-electron chi connectivity index (χ3n) is 3.90. The second kappa shape index (κ2) is 5.38. The Morgan fingerprint density at radius 1 is 1.32 bits per heavy atom. The van der Waals surface area contributed by atoms with Gasteiger partial charge < -0.3 is 9.64 Å². The number of thioether (sulfide) groups is 1. The first kappa shape index (κ1) is 14.3. The molecule has 0 radical (unpaired) electrons. The first-order valence-electron chi connectivity index (χ1n) is 7.19. The maximum absolute atomic E-state index is 14.4. The maximum Gasteiger partial charge on any atom is 0.228 e. The van der Waals surface area contributed by atoms with E-state index in [1.54, 1.807) is 0 Å². The van der Waals surface area contributed by atoms with Gasteiger partial charge in [0.15, 0.2) is 16.1 Å². The van der Waals surface area contributed by atoms with E-state index in [1.807, 2.05) is 6.26 Å². The van der Waals surface area contributed by atoms with Gasteiger partial charge in [-0.3, -0.25) is 0 Å². The minimum atomic E-state index is -0.612. The van der Waals surface area contributed by atoms with Gasteiger partial charge in [-0.2, -0.15) is 4.98 Å². The molecule has 3 heterocycles. The fourth-order valence-corrected chi connectivity index (χ4v) is 3.26. The summed E-state index contributed by atoms with van der Waals surface area (Å²) in [6.07, 6.45) is 5.02. The number of aromatic nitrogens is 3. The van der Waals surface area contributed by atoms with Gasteiger partial charge in [0.1, 0.15) is 16.7 Å². The van der Waals surface area contributed by atoms with Crippen LogP contribution in [-0.4, -0.2) is 40.4 Å². The molecular weight excluding hydrogens is 327 g/mol. The summed E-state index contributed by atoms with van der Waals surface area (Å²) in [5, 5.41) is 0.852. The van der Waals surface area contributed by atoms with Crippen LogP contribution in [0.15, 0.2) is 5.16 Å². The third kappa shape index (κ3) is 2.27. The molecule has 1 saturated carbocycles. The molecule has 0 unspecified atom stereocenters. The molecule has 1 fully saturated rings. The molecule has 0 aromatic carbocycles. The molecule has 0 saturated heterocycles. The monoisotopic (exact) mass is 340 g/mol. The molecule has 2 aromatic rings. The lowest BCUT2D eigenvalue weighted by Gasteiger charge is -2.27. The van der Waals surface area contributed by atoms with Gasteiger partial charge >= 0.3 is 0 Å². The smallest absolute Gasteiger partial charge is 0.228 e. The summed E-state index contributed by atoms with van der Waals surface area (Å²) >= 11 is 7.29. The number of pyridine rings is 1. The number of nitrogens with zero attached hydrogens (tertiary/aromatic N) is 4. The fraction of sp³-hybridized carbons (Fsp3) is 0.500. The minimum absolute atomic E-state index is 0.192. The highest BCUT2D eigenvalue weighted by Crippen LogP contribution is 2.41. The lowest BCUT2D eigenvalue weighted by Crippen LogP contribution is -2.30. The Balaban J connectivity index is 2.06. The Morgan fingerprint density at radius 2 is 2.14 bits per heavy atom. The van der Waals surface area contributed by atoms with Crippen LogP contribution in [0.5, 0.6) is 5.88 Å². The highest BCUT2D eigenvalue weighted by molar-refractivity contribution is 7.98. The first-order chi connectivity index (χ1) is 10.7. The first-order valence-corrected chi connectivity index (χ1v) is 8.79. The molecular formula is C14H14ClFN4OS. The van der Waals surface area contributed by atoms with Crippen LogP contribution in [-0.2, 0) is 0 Å². The van der Waals surface area contributed by atoms with Gasteiger partial charge in [0, 0.05) is 12.6 Å². The highest BCUT2D eigenvalue weighted by Gasteiger charge is 2.34. The maximum atomic E-state index is 14.4. The van der Waals surface area contributed by atoms with Crippen molar-refractivity contribution in [3.8, 4) is 5.88 Å². The van der Waals surface area contributed by atoms with Crippen molar-refractivity contribution in [3.63, 3.8) is 0 Å². The summed E-state index contributed by atoms with van der Waals surface area (Å²) in [4.78, 5) is 15.2. The van der Waals surface area contributed by atoms with E-state index in [-0.39, 0.29) is 10.7 Å². The van der Waals surface area contributed by atoms with Crippen molar-refractivity contribution in [3.05, 3.63) is 11.0 Å². The summed E-state index contributed by atoms with van der Waals surface area (Å²) in [6.45, 7) is 1.37. The van der Waals surface area contributed by atoms with Crippen LogP contribution in [0.3, 0.4) is 0 Å². The predicted molar refractivity (Wildman–Crippen MR) is 84.6 cm³/mol. The number of halogens is 2. The normalized spacial score (nSPS) is 18.0. The number of hydrogen-bond donors (Lipinski definition) is 0. The highest BCUT2D eigenvalue weighted by atomic mass is 35.5. The van der Waals surface area contributed by atoms with Crippen molar-refractivity contribution in [2.24, 2.45) is 0 Å². The Morgan fingerprint density at radius 3 is 2.86 bits per heavy atom. The Bertz CT molecular complexity index is 755. The summed E-state index contributed by atoms with van der Waals surface area (Å²) in [6, 6.07) is 0.470. The van der Waals surface area contributed by atoms with E-state index in [0.29, 0.717) is 29.1 Å². The third-order valence-corrected chi connectivity index (χ3v) is 4.69. The average Bonchev–Trinajstić information content (AvgIpc) is 3.33. The number of ether oxygens (including phenoxy) is 1. The lowest BCUT2D eigenvalue weighted by atomic mass is 10.2. The Kier molecular flexibility index (Phi) is 3.49. The van der Waals surface area contributed by atoms with Crippen molar-refractivity contribution in [2.75, 3.05) is 24.3 Å². The van der Waals surface area contributed by atoms with E-state index in [0.717, 1.165) is 31.6 Å². The molecule has 4 rings (SSSR count). The number of anilines is 1.